The van der Waals surface area contributed by atoms with Crippen LogP contribution in [0.25, 0.3) is 6.08 Å². The van der Waals surface area contributed by atoms with Crippen molar-refractivity contribution in [2.45, 2.75) is 6.92 Å². The molecule has 1 aromatic carbocycles. The minimum atomic E-state index is -0.468. The number of hydrogen-bond acceptors (Lipinski definition) is 4. The maximum Gasteiger partial charge on any atom is 0.274 e. The number of halogens is 1. The standard InChI is InChI=1S/C14H11BrN2O3S/c1-9-11(3-2-4-12(9)17(19)20)16-14(18)8-6-10-5-7-13(15)21-10/h2-8H,1H3,(H,16,18)/b8-6+. The lowest BCUT2D eigenvalue weighted by Crippen LogP contribution is -2.09. The van der Waals surface area contributed by atoms with Crippen LogP contribution in [0.15, 0.2) is 40.2 Å². The summed E-state index contributed by atoms with van der Waals surface area (Å²) in [6, 6.07) is 8.37. The summed E-state index contributed by atoms with van der Waals surface area (Å²) in [6.07, 6.45) is 3.09. The molecular weight excluding hydrogens is 356 g/mol. The SMILES string of the molecule is Cc1c(NC(=O)/C=C/c2ccc(Br)s2)cccc1[N+](=O)[O-]. The first-order chi connectivity index (χ1) is 9.97. The van der Waals surface area contributed by atoms with E-state index in [0.717, 1.165) is 8.66 Å². The second-order valence-corrected chi connectivity index (χ2v) is 6.67. The van der Waals surface area contributed by atoms with Gasteiger partial charge in [0.2, 0.25) is 5.91 Å². The molecule has 0 saturated heterocycles. The average Bonchev–Trinajstić information content (AvgIpc) is 2.84. The second-order valence-electron chi connectivity index (χ2n) is 4.17. The van der Waals surface area contributed by atoms with E-state index in [1.807, 2.05) is 12.1 Å². The van der Waals surface area contributed by atoms with Gasteiger partial charge in [-0.3, -0.25) is 14.9 Å². The zero-order valence-corrected chi connectivity index (χ0v) is 13.4. The van der Waals surface area contributed by atoms with Crippen molar-refractivity contribution in [1.29, 1.82) is 0 Å². The minimum Gasteiger partial charge on any atom is -0.322 e. The first kappa shape index (κ1) is 15.4. The van der Waals surface area contributed by atoms with Gasteiger partial charge in [-0.05, 0) is 47.1 Å². The highest BCUT2D eigenvalue weighted by Crippen LogP contribution is 2.25. The lowest BCUT2D eigenvalue weighted by molar-refractivity contribution is -0.385. The summed E-state index contributed by atoms with van der Waals surface area (Å²) in [5.74, 6) is -0.330. The minimum absolute atomic E-state index is 0.0148. The van der Waals surface area contributed by atoms with Gasteiger partial charge in [-0.15, -0.1) is 11.3 Å². The van der Waals surface area contributed by atoms with Crippen molar-refractivity contribution < 1.29 is 9.72 Å². The van der Waals surface area contributed by atoms with E-state index in [-0.39, 0.29) is 11.6 Å². The summed E-state index contributed by atoms with van der Waals surface area (Å²) >= 11 is 4.85. The number of carbonyl (C=O) groups is 1. The molecule has 2 aromatic rings. The van der Waals surface area contributed by atoms with Crippen LogP contribution < -0.4 is 5.32 Å². The Morgan fingerprint density at radius 1 is 1.38 bits per heavy atom. The van der Waals surface area contributed by atoms with Gasteiger partial charge in [0.25, 0.3) is 5.69 Å². The number of nitrogens with one attached hydrogen (secondary N) is 1. The molecule has 108 valence electrons. The van der Waals surface area contributed by atoms with Crippen LogP contribution in [0.5, 0.6) is 0 Å². The highest BCUT2D eigenvalue weighted by atomic mass is 79.9. The fourth-order valence-electron chi connectivity index (χ4n) is 1.71. The number of nitrogens with zero attached hydrogens (tertiary/aromatic N) is 1. The molecule has 1 N–H and O–H groups in total. The molecule has 1 aromatic heterocycles. The summed E-state index contributed by atoms with van der Waals surface area (Å²) in [5.41, 5.74) is 0.855. The Morgan fingerprint density at radius 3 is 2.76 bits per heavy atom. The summed E-state index contributed by atoms with van der Waals surface area (Å²) in [7, 11) is 0. The third kappa shape index (κ3) is 3.99. The Bertz CT molecular complexity index is 725. The van der Waals surface area contributed by atoms with Gasteiger partial charge in [-0.25, -0.2) is 0 Å². The highest BCUT2D eigenvalue weighted by molar-refractivity contribution is 9.11. The molecule has 5 nitrogen and oxygen atoms in total. The molecule has 1 heterocycles. The summed E-state index contributed by atoms with van der Waals surface area (Å²) in [4.78, 5) is 23.2. The zero-order chi connectivity index (χ0) is 15.4. The van der Waals surface area contributed by atoms with Gasteiger partial charge in [0, 0.05) is 17.0 Å². The Kier molecular flexibility index (Phi) is 4.87. The first-order valence-corrected chi connectivity index (χ1v) is 7.56. The van der Waals surface area contributed by atoms with Crippen LogP contribution in [0.1, 0.15) is 10.4 Å². The highest BCUT2D eigenvalue weighted by Gasteiger charge is 2.13. The molecule has 7 heteroatoms. The van der Waals surface area contributed by atoms with Gasteiger partial charge in [-0.2, -0.15) is 0 Å². The molecule has 0 aliphatic carbocycles. The van der Waals surface area contributed by atoms with Crippen LogP contribution >= 0.6 is 27.3 Å². The largest absolute Gasteiger partial charge is 0.322 e. The van der Waals surface area contributed by atoms with E-state index in [9.17, 15) is 14.9 Å². The predicted molar refractivity (Wildman–Crippen MR) is 87.5 cm³/mol. The van der Waals surface area contributed by atoms with E-state index in [1.165, 1.54) is 23.5 Å². The fraction of sp³-hybridized carbons (Fsp3) is 0.0714. The topological polar surface area (TPSA) is 72.2 Å². The van der Waals surface area contributed by atoms with Crippen LogP contribution in [0.2, 0.25) is 0 Å². The summed E-state index contributed by atoms with van der Waals surface area (Å²) in [6.45, 7) is 1.61. The van der Waals surface area contributed by atoms with Gasteiger partial charge < -0.3 is 5.32 Å². The number of rotatable bonds is 4. The maximum absolute atomic E-state index is 11.9. The number of carbonyl (C=O) groups excluding carboxylic acids is 1. The second kappa shape index (κ2) is 6.64. The Morgan fingerprint density at radius 2 is 2.14 bits per heavy atom. The Labute approximate surface area is 133 Å². The molecule has 0 spiro atoms. The molecule has 0 bridgehead atoms. The molecule has 21 heavy (non-hydrogen) atoms. The van der Waals surface area contributed by atoms with Gasteiger partial charge in [-0.1, -0.05) is 6.07 Å². The maximum atomic E-state index is 11.9. The predicted octanol–water partition coefficient (Wildman–Crippen LogP) is 4.38. The van der Waals surface area contributed by atoms with Crippen molar-refractivity contribution in [1.82, 2.24) is 0 Å². The molecule has 0 radical (unpaired) electrons. The van der Waals surface area contributed by atoms with E-state index in [2.05, 4.69) is 21.2 Å². The van der Waals surface area contributed by atoms with E-state index >= 15 is 0 Å². The number of amides is 1. The van der Waals surface area contributed by atoms with Crippen molar-refractivity contribution in [3.63, 3.8) is 0 Å². The molecule has 2 rings (SSSR count). The van der Waals surface area contributed by atoms with Crippen LogP contribution in [-0.2, 0) is 4.79 Å². The van der Waals surface area contributed by atoms with E-state index in [4.69, 9.17) is 0 Å². The molecule has 1 amide bonds. The number of hydrogen-bond donors (Lipinski definition) is 1. The van der Waals surface area contributed by atoms with Gasteiger partial charge >= 0.3 is 0 Å². The quantitative estimate of drug-likeness (QED) is 0.495. The molecular formula is C14H11BrN2O3S. The number of benzene rings is 1. The van der Waals surface area contributed by atoms with Crippen molar-refractivity contribution in [3.8, 4) is 0 Å². The van der Waals surface area contributed by atoms with Crippen LogP contribution in [0, 0.1) is 17.0 Å². The molecule has 0 aliphatic rings. The Hall–Kier alpha value is -1.99. The Balaban J connectivity index is 2.11. The molecule has 0 atom stereocenters. The fourth-order valence-corrected chi connectivity index (χ4v) is 3.03. The number of nitro benzene ring substituents is 1. The van der Waals surface area contributed by atoms with Crippen LogP contribution in [-0.4, -0.2) is 10.8 Å². The molecule has 0 saturated carbocycles. The van der Waals surface area contributed by atoms with Gasteiger partial charge in [0.05, 0.1) is 20.0 Å². The van der Waals surface area contributed by atoms with Crippen LogP contribution in [0.3, 0.4) is 0 Å². The zero-order valence-electron chi connectivity index (χ0n) is 11.0. The third-order valence-corrected chi connectivity index (χ3v) is 4.34. The third-order valence-electron chi connectivity index (χ3n) is 2.75. The monoisotopic (exact) mass is 366 g/mol. The smallest absolute Gasteiger partial charge is 0.274 e. The van der Waals surface area contributed by atoms with Crippen molar-refractivity contribution in [3.05, 3.63) is 60.7 Å². The van der Waals surface area contributed by atoms with E-state index in [0.29, 0.717) is 11.3 Å². The van der Waals surface area contributed by atoms with Gasteiger partial charge in [0.15, 0.2) is 0 Å². The summed E-state index contributed by atoms with van der Waals surface area (Å²) < 4.78 is 0.983. The van der Waals surface area contributed by atoms with Crippen molar-refractivity contribution in [2.75, 3.05) is 5.32 Å². The lowest BCUT2D eigenvalue weighted by Gasteiger charge is -2.06. The molecule has 0 unspecified atom stereocenters. The number of nitro groups is 1. The van der Waals surface area contributed by atoms with Crippen molar-refractivity contribution in [2.24, 2.45) is 0 Å². The number of anilines is 1. The van der Waals surface area contributed by atoms with E-state index < -0.39 is 4.92 Å². The molecule has 0 aliphatic heterocycles. The lowest BCUT2D eigenvalue weighted by atomic mass is 10.1. The van der Waals surface area contributed by atoms with Gasteiger partial charge in [0.1, 0.15) is 0 Å². The number of thiophene rings is 1. The average molecular weight is 367 g/mol. The molecule has 0 fully saturated rings. The normalized spacial score (nSPS) is 10.8. The van der Waals surface area contributed by atoms with Crippen LogP contribution in [0.4, 0.5) is 11.4 Å². The van der Waals surface area contributed by atoms with Crippen molar-refractivity contribution >= 4 is 50.6 Å². The first-order valence-electron chi connectivity index (χ1n) is 5.96. The summed E-state index contributed by atoms with van der Waals surface area (Å²) in [5, 5.41) is 13.5. The van der Waals surface area contributed by atoms with E-state index in [1.54, 1.807) is 25.1 Å².